The third-order valence-electron chi connectivity index (χ3n) is 7.92. The number of para-hydroxylation sites is 2. The molecule has 212 valence electrons. The summed E-state index contributed by atoms with van der Waals surface area (Å²) in [5, 5.41) is 5.55. The molecule has 2 aromatic carbocycles. The Hall–Kier alpha value is -4.08. The van der Waals surface area contributed by atoms with Gasteiger partial charge in [-0.1, -0.05) is 30.3 Å². The van der Waals surface area contributed by atoms with Crippen molar-refractivity contribution in [2.75, 3.05) is 45.9 Å². The number of nitrogens with one attached hydrogen (secondary N) is 2. The maximum absolute atomic E-state index is 13.2. The first kappa shape index (κ1) is 27.5. The second-order valence-electron chi connectivity index (χ2n) is 10.6. The molecule has 2 N–H and O–H groups in total. The minimum atomic E-state index is -0.673. The lowest BCUT2D eigenvalue weighted by atomic mass is 9.81. The van der Waals surface area contributed by atoms with Crippen molar-refractivity contribution < 1.29 is 28.7 Å². The summed E-state index contributed by atoms with van der Waals surface area (Å²) in [5.74, 6) is 1.07. The molecule has 1 saturated heterocycles. The van der Waals surface area contributed by atoms with Gasteiger partial charge < -0.3 is 29.9 Å². The van der Waals surface area contributed by atoms with Gasteiger partial charge in [0.15, 0.2) is 11.5 Å². The molecule has 5 rings (SSSR count). The summed E-state index contributed by atoms with van der Waals surface area (Å²) < 4.78 is 11.5. The monoisotopic (exact) mass is 548 g/mol. The van der Waals surface area contributed by atoms with Crippen molar-refractivity contribution in [3.63, 3.8) is 0 Å². The van der Waals surface area contributed by atoms with Crippen LogP contribution in [0.2, 0.25) is 0 Å². The van der Waals surface area contributed by atoms with Gasteiger partial charge in [0.25, 0.3) is 11.8 Å². The number of hydrogen-bond donors (Lipinski definition) is 2. The first-order valence-electron chi connectivity index (χ1n) is 14.0. The van der Waals surface area contributed by atoms with Crippen LogP contribution in [0.25, 0.3) is 0 Å². The Morgan fingerprint density at radius 1 is 0.750 bits per heavy atom. The minimum Gasteiger partial charge on any atom is -0.485 e. The molecular weight excluding hydrogens is 512 g/mol. The molecule has 0 spiro atoms. The lowest BCUT2D eigenvalue weighted by Crippen LogP contribution is -2.56. The van der Waals surface area contributed by atoms with E-state index in [4.69, 9.17) is 9.47 Å². The number of carbonyl (C=O) groups is 4. The predicted octanol–water partition coefficient (Wildman–Crippen LogP) is 1.85. The average Bonchev–Trinajstić information content (AvgIpc) is 3.02. The number of carbonyl (C=O) groups excluding carboxylic acids is 4. The molecular formula is C30H36N4O6. The van der Waals surface area contributed by atoms with E-state index in [1.807, 2.05) is 29.2 Å². The summed E-state index contributed by atoms with van der Waals surface area (Å²) in [6.45, 7) is 2.64. The van der Waals surface area contributed by atoms with Gasteiger partial charge in [-0.2, -0.15) is 0 Å². The van der Waals surface area contributed by atoms with Crippen LogP contribution in [0.15, 0.2) is 54.6 Å². The number of fused-ring (bicyclic) bond motifs is 1. The van der Waals surface area contributed by atoms with Gasteiger partial charge >= 0.3 is 0 Å². The number of hydrogen-bond acceptors (Lipinski definition) is 6. The highest BCUT2D eigenvalue weighted by Gasteiger charge is 2.35. The number of rotatable bonds is 7. The van der Waals surface area contributed by atoms with Gasteiger partial charge in [-0.25, -0.2) is 0 Å². The fourth-order valence-electron chi connectivity index (χ4n) is 5.54. The van der Waals surface area contributed by atoms with Crippen molar-refractivity contribution >= 4 is 23.6 Å². The molecule has 1 atom stereocenters. The number of piperazine rings is 1. The van der Waals surface area contributed by atoms with Crippen LogP contribution in [0, 0.1) is 11.8 Å². The van der Waals surface area contributed by atoms with E-state index in [0.29, 0.717) is 55.7 Å². The van der Waals surface area contributed by atoms with Crippen LogP contribution in [0.4, 0.5) is 0 Å². The fourth-order valence-corrected chi connectivity index (χ4v) is 5.54. The topological polar surface area (TPSA) is 117 Å². The summed E-state index contributed by atoms with van der Waals surface area (Å²) in [6.07, 6.45) is 2.64. The Kier molecular flexibility index (Phi) is 8.83. The maximum atomic E-state index is 13.2. The van der Waals surface area contributed by atoms with E-state index in [1.54, 1.807) is 35.2 Å². The molecule has 1 aliphatic carbocycles. The molecule has 40 heavy (non-hydrogen) atoms. The van der Waals surface area contributed by atoms with E-state index < -0.39 is 6.10 Å². The van der Waals surface area contributed by atoms with Gasteiger partial charge in [0, 0.05) is 44.2 Å². The molecule has 1 saturated carbocycles. The van der Waals surface area contributed by atoms with Crippen LogP contribution in [0.3, 0.4) is 0 Å². The van der Waals surface area contributed by atoms with E-state index in [1.165, 1.54) is 0 Å². The molecule has 2 aliphatic heterocycles. The van der Waals surface area contributed by atoms with E-state index in [9.17, 15) is 19.2 Å². The van der Waals surface area contributed by atoms with Crippen molar-refractivity contribution in [1.29, 1.82) is 0 Å². The van der Waals surface area contributed by atoms with Crippen LogP contribution in [0.1, 0.15) is 36.0 Å². The Labute approximate surface area is 234 Å². The number of benzene rings is 2. The van der Waals surface area contributed by atoms with Crippen LogP contribution in [0.5, 0.6) is 11.5 Å². The molecule has 10 heteroatoms. The predicted molar refractivity (Wildman–Crippen MR) is 147 cm³/mol. The zero-order valence-electron chi connectivity index (χ0n) is 22.6. The Morgan fingerprint density at radius 2 is 1.38 bits per heavy atom. The number of nitrogens with zero attached hydrogens (tertiary/aromatic N) is 2. The quantitative estimate of drug-likeness (QED) is 0.546. The summed E-state index contributed by atoms with van der Waals surface area (Å²) in [7, 11) is 0. The average molecular weight is 549 g/mol. The van der Waals surface area contributed by atoms with Crippen molar-refractivity contribution in [2.45, 2.75) is 31.8 Å². The van der Waals surface area contributed by atoms with Gasteiger partial charge in [0.05, 0.1) is 6.54 Å². The normalized spacial score (nSPS) is 22.2. The second-order valence-corrected chi connectivity index (χ2v) is 10.6. The van der Waals surface area contributed by atoms with Crippen molar-refractivity contribution in [3.05, 3.63) is 60.2 Å². The second kappa shape index (κ2) is 12.8. The zero-order valence-corrected chi connectivity index (χ0v) is 22.6. The third kappa shape index (κ3) is 6.73. The van der Waals surface area contributed by atoms with Crippen molar-refractivity contribution in [3.8, 4) is 11.5 Å². The Morgan fingerprint density at radius 3 is 2.08 bits per heavy atom. The molecule has 2 fully saturated rings. The first-order valence-corrected chi connectivity index (χ1v) is 14.0. The summed E-state index contributed by atoms with van der Waals surface area (Å²) >= 11 is 0. The number of amides is 4. The highest BCUT2D eigenvalue weighted by molar-refractivity contribution is 5.96. The molecule has 2 aromatic rings. The highest BCUT2D eigenvalue weighted by atomic mass is 16.6. The molecule has 0 aromatic heterocycles. The van der Waals surface area contributed by atoms with Crippen LogP contribution < -0.4 is 20.1 Å². The molecule has 0 bridgehead atoms. The van der Waals surface area contributed by atoms with Crippen LogP contribution >= 0.6 is 0 Å². The first-order chi connectivity index (χ1) is 19.5. The zero-order chi connectivity index (χ0) is 27.9. The molecule has 10 nitrogen and oxygen atoms in total. The van der Waals surface area contributed by atoms with Crippen molar-refractivity contribution in [1.82, 2.24) is 20.4 Å². The standard InChI is InChI=1S/C30H36N4O6/c35-27(19-32-28(36)22-6-2-1-3-7-22)31-18-21-10-12-23(13-11-21)29(37)33-14-16-34(17-15-33)30(38)26-20-39-24-8-4-5-9-25(24)40-26/h1-9,21,23,26H,10-20H2,(H,31,35)(H,32,36). The summed E-state index contributed by atoms with van der Waals surface area (Å²) in [6, 6.07) is 16.1. The lowest BCUT2D eigenvalue weighted by molar-refractivity contribution is -0.148. The molecule has 4 amide bonds. The Bertz CT molecular complexity index is 1210. The maximum Gasteiger partial charge on any atom is 0.267 e. The van der Waals surface area contributed by atoms with Crippen molar-refractivity contribution in [2.24, 2.45) is 11.8 Å². The molecule has 2 heterocycles. The van der Waals surface area contributed by atoms with Gasteiger partial charge in [-0.15, -0.1) is 0 Å². The van der Waals surface area contributed by atoms with E-state index >= 15 is 0 Å². The lowest BCUT2D eigenvalue weighted by Gasteiger charge is -2.39. The van der Waals surface area contributed by atoms with Gasteiger partial charge in [0.1, 0.15) is 6.61 Å². The third-order valence-corrected chi connectivity index (χ3v) is 7.92. The fraction of sp³-hybridized carbons (Fsp3) is 0.467. The van der Waals surface area contributed by atoms with E-state index in [-0.39, 0.29) is 42.7 Å². The van der Waals surface area contributed by atoms with Gasteiger partial charge in [-0.05, 0) is 55.9 Å². The molecule has 3 aliphatic rings. The van der Waals surface area contributed by atoms with Crippen LogP contribution in [-0.4, -0.2) is 85.4 Å². The smallest absolute Gasteiger partial charge is 0.267 e. The van der Waals surface area contributed by atoms with E-state index in [2.05, 4.69) is 10.6 Å². The molecule has 1 unspecified atom stereocenters. The number of ether oxygens (including phenoxy) is 2. The van der Waals surface area contributed by atoms with Gasteiger partial charge in [0.2, 0.25) is 17.9 Å². The summed E-state index contributed by atoms with van der Waals surface area (Å²) in [5.41, 5.74) is 0.519. The Balaban J connectivity index is 0.983. The largest absolute Gasteiger partial charge is 0.485 e. The minimum absolute atomic E-state index is 0.0223. The molecule has 0 radical (unpaired) electrons. The van der Waals surface area contributed by atoms with E-state index in [0.717, 1.165) is 25.7 Å². The van der Waals surface area contributed by atoms with Gasteiger partial charge in [-0.3, -0.25) is 19.2 Å². The highest BCUT2D eigenvalue weighted by Crippen LogP contribution is 2.32. The summed E-state index contributed by atoms with van der Waals surface area (Å²) in [4.78, 5) is 54.1. The SMILES string of the molecule is O=C(CNC(=O)c1ccccc1)NCC1CCC(C(=O)N2CCN(C(=O)C3COc4ccccc4O3)CC2)CC1. The van der Waals surface area contributed by atoms with Crippen LogP contribution in [-0.2, 0) is 14.4 Å².